The van der Waals surface area contributed by atoms with E-state index in [1.165, 1.54) is 5.56 Å². The van der Waals surface area contributed by atoms with E-state index < -0.39 is 0 Å². The molecule has 0 atom stereocenters. The van der Waals surface area contributed by atoms with Crippen LogP contribution in [0.2, 0.25) is 0 Å². The molecule has 3 aromatic carbocycles. The van der Waals surface area contributed by atoms with Gasteiger partial charge < -0.3 is 14.8 Å². The van der Waals surface area contributed by atoms with Crippen molar-refractivity contribution < 1.29 is 9.47 Å². The first kappa shape index (κ1) is 26.2. The first-order chi connectivity index (χ1) is 17.7. The van der Waals surface area contributed by atoms with Crippen molar-refractivity contribution in [3.8, 4) is 22.6 Å². The van der Waals surface area contributed by atoms with Crippen LogP contribution in [0.5, 0.6) is 11.5 Å². The fourth-order valence-electron chi connectivity index (χ4n) is 3.71. The standard InChI is InChI=1S/C29H30BrN3O2S/c1-36-33-16-15-32-19-24-12-13-26(17-28(24)35-20-22-7-6-14-31-18-22)34-21-25-10-5-11-27(29(25)30)23-8-3-2-4-9-23/h2-14,17-18,32-33H,15-16,19-21H2,1H3. The van der Waals surface area contributed by atoms with E-state index in [0.29, 0.717) is 19.8 Å². The van der Waals surface area contributed by atoms with Crippen LogP contribution in [0, 0.1) is 0 Å². The Bertz CT molecular complexity index is 1230. The maximum absolute atomic E-state index is 6.21. The molecule has 0 unspecified atom stereocenters. The Morgan fingerprint density at radius 1 is 0.861 bits per heavy atom. The first-order valence-electron chi connectivity index (χ1n) is 11.8. The molecule has 186 valence electrons. The lowest BCUT2D eigenvalue weighted by molar-refractivity contribution is 0.287. The molecule has 7 heteroatoms. The van der Waals surface area contributed by atoms with E-state index in [9.17, 15) is 0 Å². The molecule has 1 aromatic heterocycles. The third-order valence-electron chi connectivity index (χ3n) is 5.58. The van der Waals surface area contributed by atoms with E-state index >= 15 is 0 Å². The molecule has 0 aliphatic rings. The lowest BCUT2D eigenvalue weighted by atomic mass is 10.0. The third-order valence-corrected chi connectivity index (χ3v) is 7.01. The number of halogens is 1. The predicted molar refractivity (Wildman–Crippen MR) is 152 cm³/mol. The van der Waals surface area contributed by atoms with E-state index in [0.717, 1.165) is 51.3 Å². The molecular formula is C29H30BrN3O2S. The molecule has 1 heterocycles. The minimum absolute atomic E-state index is 0.446. The second kappa shape index (κ2) is 14.0. The van der Waals surface area contributed by atoms with Gasteiger partial charge in [0.2, 0.25) is 0 Å². The highest BCUT2D eigenvalue weighted by Gasteiger charge is 2.11. The van der Waals surface area contributed by atoms with Gasteiger partial charge >= 0.3 is 0 Å². The zero-order valence-electron chi connectivity index (χ0n) is 20.2. The molecule has 0 fully saturated rings. The normalized spacial score (nSPS) is 10.8. The molecule has 0 aliphatic heterocycles. The van der Waals surface area contributed by atoms with E-state index in [2.05, 4.69) is 67.4 Å². The lowest BCUT2D eigenvalue weighted by Crippen LogP contribution is -2.23. The summed E-state index contributed by atoms with van der Waals surface area (Å²) in [6.45, 7) is 3.37. The molecule has 0 spiro atoms. The quantitative estimate of drug-likeness (QED) is 0.141. The predicted octanol–water partition coefficient (Wildman–Crippen LogP) is 6.63. The highest BCUT2D eigenvalue weighted by atomic mass is 79.9. The minimum Gasteiger partial charge on any atom is -0.489 e. The number of rotatable bonds is 13. The SMILES string of the molecule is CSNCCNCc1ccc(OCc2cccc(-c3ccccc3)c2Br)cc1OCc1cccnc1. The van der Waals surface area contributed by atoms with Gasteiger partial charge in [0.1, 0.15) is 24.7 Å². The minimum atomic E-state index is 0.446. The van der Waals surface area contributed by atoms with Crippen molar-refractivity contribution in [3.63, 3.8) is 0 Å². The number of nitrogens with one attached hydrogen (secondary N) is 2. The number of benzene rings is 3. The highest BCUT2D eigenvalue weighted by Crippen LogP contribution is 2.32. The summed E-state index contributed by atoms with van der Waals surface area (Å²) in [5.74, 6) is 1.57. The van der Waals surface area contributed by atoms with Gasteiger partial charge in [-0.3, -0.25) is 9.71 Å². The highest BCUT2D eigenvalue weighted by molar-refractivity contribution is 9.10. The van der Waals surface area contributed by atoms with Crippen LogP contribution in [0.1, 0.15) is 16.7 Å². The summed E-state index contributed by atoms with van der Waals surface area (Å²) >= 11 is 5.41. The maximum Gasteiger partial charge on any atom is 0.127 e. The molecule has 0 saturated carbocycles. The zero-order chi connectivity index (χ0) is 25.0. The van der Waals surface area contributed by atoms with Crippen LogP contribution >= 0.6 is 27.9 Å². The van der Waals surface area contributed by atoms with Crippen molar-refractivity contribution in [3.05, 3.63) is 112 Å². The molecule has 0 radical (unpaired) electrons. The van der Waals surface area contributed by atoms with Crippen molar-refractivity contribution in [1.29, 1.82) is 0 Å². The number of aromatic nitrogens is 1. The van der Waals surface area contributed by atoms with Crippen molar-refractivity contribution in [2.75, 3.05) is 19.3 Å². The molecule has 0 bridgehead atoms. The molecule has 0 aliphatic carbocycles. The Balaban J connectivity index is 1.46. The van der Waals surface area contributed by atoms with Crippen LogP contribution in [-0.2, 0) is 19.8 Å². The summed E-state index contributed by atoms with van der Waals surface area (Å²) in [6.07, 6.45) is 5.62. The molecule has 4 rings (SSSR count). The zero-order valence-corrected chi connectivity index (χ0v) is 22.6. The van der Waals surface area contributed by atoms with Gasteiger partial charge in [0.05, 0.1) is 0 Å². The van der Waals surface area contributed by atoms with E-state index in [-0.39, 0.29) is 0 Å². The van der Waals surface area contributed by atoms with Crippen molar-refractivity contribution in [2.45, 2.75) is 19.8 Å². The summed E-state index contributed by atoms with van der Waals surface area (Å²) < 4.78 is 16.7. The van der Waals surface area contributed by atoms with E-state index in [1.54, 1.807) is 18.1 Å². The van der Waals surface area contributed by atoms with Gasteiger partial charge in [-0.05, 0) is 45.4 Å². The second-order valence-electron chi connectivity index (χ2n) is 8.13. The van der Waals surface area contributed by atoms with Gasteiger partial charge in [-0.25, -0.2) is 0 Å². The maximum atomic E-state index is 6.21. The Kier molecular flexibility index (Phi) is 10.2. The summed E-state index contributed by atoms with van der Waals surface area (Å²) in [5.41, 5.74) is 5.51. The average Bonchev–Trinajstić information content (AvgIpc) is 2.93. The number of nitrogens with zero attached hydrogens (tertiary/aromatic N) is 1. The molecule has 0 amide bonds. The molecule has 4 aromatic rings. The second-order valence-corrected chi connectivity index (χ2v) is 9.62. The number of ether oxygens (including phenoxy) is 2. The summed E-state index contributed by atoms with van der Waals surface area (Å²) in [5, 5.41) is 3.47. The fourth-order valence-corrected chi connectivity index (χ4v) is 4.62. The molecule has 0 saturated heterocycles. The van der Waals surface area contributed by atoms with Crippen molar-refractivity contribution in [1.82, 2.24) is 15.0 Å². The first-order valence-corrected chi connectivity index (χ1v) is 13.8. The summed E-state index contributed by atoms with van der Waals surface area (Å²) in [6, 6.07) is 26.6. The van der Waals surface area contributed by atoms with Crippen molar-refractivity contribution >= 4 is 27.9 Å². The Morgan fingerprint density at radius 3 is 2.56 bits per heavy atom. The largest absolute Gasteiger partial charge is 0.489 e. The summed E-state index contributed by atoms with van der Waals surface area (Å²) in [7, 11) is 0. The molecule has 36 heavy (non-hydrogen) atoms. The number of hydrogen-bond donors (Lipinski definition) is 2. The molecule has 2 N–H and O–H groups in total. The van der Waals surface area contributed by atoms with Crippen LogP contribution < -0.4 is 19.5 Å². The Labute approximate surface area is 225 Å². The van der Waals surface area contributed by atoms with Crippen LogP contribution in [0.4, 0.5) is 0 Å². The smallest absolute Gasteiger partial charge is 0.127 e. The van der Waals surface area contributed by atoms with Gasteiger partial charge in [0, 0.05) is 59.3 Å². The van der Waals surface area contributed by atoms with Crippen LogP contribution in [0.25, 0.3) is 11.1 Å². The van der Waals surface area contributed by atoms with E-state index in [1.807, 2.05) is 54.9 Å². The Morgan fingerprint density at radius 2 is 1.75 bits per heavy atom. The van der Waals surface area contributed by atoms with Gasteiger partial charge in [0.25, 0.3) is 0 Å². The average molecular weight is 565 g/mol. The molecular weight excluding hydrogens is 534 g/mol. The lowest BCUT2D eigenvalue weighted by Gasteiger charge is -2.16. The molecule has 5 nitrogen and oxygen atoms in total. The monoisotopic (exact) mass is 563 g/mol. The van der Waals surface area contributed by atoms with Crippen molar-refractivity contribution in [2.24, 2.45) is 0 Å². The van der Waals surface area contributed by atoms with Gasteiger partial charge in [-0.1, -0.05) is 72.6 Å². The van der Waals surface area contributed by atoms with Gasteiger partial charge in [-0.2, -0.15) is 0 Å². The van der Waals surface area contributed by atoms with Crippen LogP contribution in [0.15, 0.2) is 95.7 Å². The summed E-state index contributed by atoms with van der Waals surface area (Å²) in [4.78, 5) is 4.18. The third kappa shape index (κ3) is 7.58. The topological polar surface area (TPSA) is 55.4 Å². The number of hydrogen-bond acceptors (Lipinski definition) is 6. The fraction of sp³-hybridized carbons (Fsp3) is 0.207. The van der Waals surface area contributed by atoms with Gasteiger partial charge in [-0.15, -0.1) is 0 Å². The van der Waals surface area contributed by atoms with Gasteiger partial charge in [0.15, 0.2) is 0 Å². The van der Waals surface area contributed by atoms with Crippen LogP contribution in [0.3, 0.4) is 0 Å². The van der Waals surface area contributed by atoms with E-state index in [4.69, 9.17) is 9.47 Å². The number of pyridine rings is 1. The van der Waals surface area contributed by atoms with Crippen LogP contribution in [-0.4, -0.2) is 24.3 Å². The Hall–Kier alpha value is -2.84.